The summed E-state index contributed by atoms with van der Waals surface area (Å²) in [5.74, 6) is 3.34. The topological polar surface area (TPSA) is 71.7 Å². The summed E-state index contributed by atoms with van der Waals surface area (Å²) in [4.78, 5) is 20.2. The minimum Gasteiger partial charge on any atom is -0.508 e. The summed E-state index contributed by atoms with van der Waals surface area (Å²) < 4.78 is 12.8. The van der Waals surface area contributed by atoms with Gasteiger partial charge in [0, 0.05) is 34.3 Å². The number of nitrogens with zero attached hydrogens (tertiary/aromatic N) is 7. The summed E-state index contributed by atoms with van der Waals surface area (Å²) in [6.07, 6.45) is 5.71. The smallest absolute Gasteiger partial charge is 0.508 e. The SMILES string of the molecule is Cc1ccc(-c2nc(-c3ccc(C)cc3)nc(-c3cc4c5cc(C(C)(C)C)ccc5n(-c5cc(C)ccn5)c4[c-]c3Oc3[c-]c([N+]4=C=[N+](C)C=C4)ccc3)n2)cc1.[Pt+2]. The Balaban J connectivity index is 0.00000469. The summed E-state index contributed by atoms with van der Waals surface area (Å²) in [5, 5.41) is 2.05. The number of benzene rings is 5. The molecule has 8 aromatic rings. The van der Waals surface area contributed by atoms with Gasteiger partial charge in [-0.2, -0.15) is 6.07 Å². The zero-order chi connectivity index (χ0) is 39.4. The second kappa shape index (κ2) is 15.2. The van der Waals surface area contributed by atoms with Gasteiger partial charge in [-0.15, -0.1) is 23.6 Å². The first-order chi connectivity index (χ1) is 27.5. The molecular weight excluding hydrogens is 898 g/mol. The number of hydrogen-bond acceptors (Lipinski definition) is 5. The molecule has 0 fully saturated rings. The average molecular weight is 939 g/mol. The van der Waals surface area contributed by atoms with E-state index in [9.17, 15) is 0 Å². The zero-order valence-corrected chi connectivity index (χ0v) is 35.7. The van der Waals surface area contributed by atoms with Crippen LogP contribution < -0.4 is 4.74 Å². The molecule has 0 bridgehead atoms. The van der Waals surface area contributed by atoms with Gasteiger partial charge in [0.25, 0.3) is 6.20 Å². The number of ether oxygens (including phenoxy) is 1. The summed E-state index contributed by atoms with van der Waals surface area (Å²) in [6, 6.07) is 45.7. The molecule has 0 unspecified atom stereocenters. The van der Waals surface area contributed by atoms with Gasteiger partial charge in [-0.3, -0.25) is 0 Å². The molecule has 0 amide bonds. The number of aromatic nitrogens is 5. The van der Waals surface area contributed by atoms with Crippen molar-refractivity contribution in [1.82, 2.24) is 24.5 Å². The van der Waals surface area contributed by atoms with Crippen LogP contribution in [0.4, 0.5) is 5.69 Å². The molecule has 0 radical (unpaired) electrons. The van der Waals surface area contributed by atoms with Crippen LogP contribution in [0.1, 0.15) is 43.0 Å². The van der Waals surface area contributed by atoms with Crippen LogP contribution in [0, 0.1) is 32.9 Å². The summed E-state index contributed by atoms with van der Waals surface area (Å²) in [7, 11) is 1.93. The molecule has 5 aromatic carbocycles. The van der Waals surface area contributed by atoms with E-state index in [2.05, 4.69) is 143 Å². The standard InChI is InChI=1S/C49H41N7O.Pt/c1-31-11-15-34(16-12-31)46-51-47(35-17-13-32(2)14-18-35)53-48(52-46)41-28-40-39-26-36(49(4,5)6)19-20-42(39)56(45-25-33(3)21-22-50-45)43(40)29-44(41)57-38-10-8-9-37(27-38)55-24-23-54(7)30-55;/h8-26,28H,1-7H3;/q;+2. The first-order valence-corrected chi connectivity index (χ1v) is 19.0. The Labute approximate surface area is 352 Å². The van der Waals surface area contributed by atoms with Gasteiger partial charge in [-0.05, 0) is 66.5 Å². The molecule has 9 rings (SSSR count). The van der Waals surface area contributed by atoms with Crippen molar-refractivity contribution in [2.45, 2.75) is 47.0 Å². The van der Waals surface area contributed by atoms with Crippen LogP contribution in [0.15, 0.2) is 122 Å². The molecule has 9 heteroatoms. The minimum absolute atomic E-state index is 0. The number of pyridine rings is 1. The van der Waals surface area contributed by atoms with E-state index in [0.717, 1.165) is 61.1 Å². The van der Waals surface area contributed by atoms with Crippen molar-refractivity contribution in [2.24, 2.45) is 0 Å². The van der Waals surface area contributed by atoms with E-state index in [1.54, 1.807) is 0 Å². The minimum atomic E-state index is -0.0745. The van der Waals surface area contributed by atoms with Crippen molar-refractivity contribution >= 4 is 33.5 Å². The van der Waals surface area contributed by atoms with Gasteiger partial charge in [-0.1, -0.05) is 119 Å². The van der Waals surface area contributed by atoms with Gasteiger partial charge >= 0.3 is 27.1 Å². The van der Waals surface area contributed by atoms with Crippen LogP contribution >= 0.6 is 0 Å². The van der Waals surface area contributed by atoms with Gasteiger partial charge in [-0.25, -0.2) is 19.9 Å². The molecule has 0 aliphatic carbocycles. The summed E-state index contributed by atoms with van der Waals surface area (Å²) >= 11 is 0. The van der Waals surface area contributed by atoms with E-state index >= 15 is 0 Å². The molecule has 286 valence electrons. The van der Waals surface area contributed by atoms with Gasteiger partial charge in [0.05, 0.1) is 0 Å². The Bertz CT molecular complexity index is 2920. The molecule has 1 aliphatic heterocycles. The van der Waals surface area contributed by atoms with Crippen LogP contribution in [0.5, 0.6) is 11.5 Å². The monoisotopic (exact) mass is 938 g/mol. The predicted octanol–water partition coefficient (Wildman–Crippen LogP) is 10.9. The largest absolute Gasteiger partial charge is 2.00 e. The first-order valence-electron chi connectivity index (χ1n) is 19.0. The number of aryl methyl sites for hydroxylation is 3. The molecule has 3 aromatic heterocycles. The fourth-order valence-corrected chi connectivity index (χ4v) is 7.01. The van der Waals surface area contributed by atoms with E-state index < -0.39 is 0 Å². The van der Waals surface area contributed by atoms with Crippen LogP contribution in [-0.4, -0.2) is 46.7 Å². The maximum Gasteiger partial charge on any atom is 2.00 e. The van der Waals surface area contributed by atoms with Crippen molar-refractivity contribution < 1.29 is 35.0 Å². The Hall–Kier alpha value is -6.33. The van der Waals surface area contributed by atoms with E-state index in [4.69, 9.17) is 24.7 Å². The molecule has 0 saturated carbocycles. The van der Waals surface area contributed by atoms with E-state index in [0.29, 0.717) is 34.5 Å². The van der Waals surface area contributed by atoms with Gasteiger partial charge in [0.15, 0.2) is 18.7 Å². The summed E-state index contributed by atoms with van der Waals surface area (Å²) in [6.45, 7) is 12.9. The van der Waals surface area contributed by atoms with Crippen molar-refractivity contribution in [2.75, 3.05) is 7.05 Å². The Morgan fingerprint density at radius 1 is 0.690 bits per heavy atom. The molecule has 1 aliphatic rings. The molecule has 0 N–H and O–H groups in total. The van der Waals surface area contributed by atoms with Gasteiger partial charge in [0.2, 0.25) is 6.20 Å². The molecule has 8 nitrogen and oxygen atoms in total. The fourth-order valence-electron chi connectivity index (χ4n) is 7.01. The molecule has 0 atom stereocenters. The Morgan fingerprint density at radius 3 is 1.98 bits per heavy atom. The first kappa shape index (κ1) is 38.5. The van der Waals surface area contributed by atoms with E-state index in [-0.39, 0.29) is 26.5 Å². The third-order valence-corrected chi connectivity index (χ3v) is 10.2. The summed E-state index contributed by atoms with van der Waals surface area (Å²) in [5.41, 5.74) is 9.62. The second-order valence-corrected chi connectivity index (χ2v) is 15.7. The van der Waals surface area contributed by atoms with Crippen molar-refractivity contribution in [3.63, 3.8) is 0 Å². The zero-order valence-electron chi connectivity index (χ0n) is 33.4. The molecule has 4 heterocycles. The molecule has 0 spiro atoms. The third-order valence-electron chi connectivity index (χ3n) is 10.2. The van der Waals surface area contributed by atoms with Crippen LogP contribution in [0.3, 0.4) is 0 Å². The quantitative estimate of drug-likeness (QED) is 0.118. The van der Waals surface area contributed by atoms with Crippen molar-refractivity contribution in [1.29, 1.82) is 0 Å². The molecule has 0 saturated heterocycles. The Morgan fingerprint density at radius 2 is 1.36 bits per heavy atom. The third kappa shape index (κ3) is 7.45. The van der Waals surface area contributed by atoms with Gasteiger partial charge < -0.3 is 9.30 Å². The van der Waals surface area contributed by atoms with Crippen LogP contribution in [0.25, 0.3) is 61.8 Å². The number of hydrogen-bond donors (Lipinski definition) is 0. The second-order valence-electron chi connectivity index (χ2n) is 15.7. The Kier molecular flexibility index (Phi) is 10.1. The van der Waals surface area contributed by atoms with E-state index in [1.807, 2.05) is 59.1 Å². The number of fused-ring (bicyclic) bond motifs is 3. The maximum atomic E-state index is 6.87. The fraction of sp³-hybridized carbons (Fsp3) is 0.163. The van der Waals surface area contributed by atoms with Gasteiger partial charge in [0.1, 0.15) is 17.3 Å². The predicted molar refractivity (Wildman–Crippen MR) is 226 cm³/mol. The van der Waals surface area contributed by atoms with Crippen LogP contribution in [0.2, 0.25) is 0 Å². The normalized spacial score (nSPS) is 12.5. The molecule has 58 heavy (non-hydrogen) atoms. The maximum absolute atomic E-state index is 6.87. The van der Waals surface area contributed by atoms with Crippen molar-refractivity contribution in [3.8, 4) is 51.5 Å². The molecular formula is C49H41N7OPt+2. The van der Waals surface area contributed by atoms with Crippen LogP contribution in [-0.2, 0) is 26.5 Å². The van der Waals surface area contributed by atoms with E-state index in [1.165, 1.54) is 5.56 Å². The van der Waals surface area contributed by atoms with Crippen molar-refractivity contribution in [3.05, 3.63) is 156 Å². The average Bonchev–Trinajstić information content (AvgIpc) is 3.78. The number of rotatable bonds is 7.